The van der Waals surface area contributed by atoms with Gasteiger partial charge in [-0.05, 0) is 18.6 Å². The fourth-order valence-electron chi connectivity index (χ4n) is 1.43. The summed E-state index contributed by atoms with van der Waals surface area (Å²) in [6.07, 6.45) is 1.32. The minimum absolute atomic E-state index is 0.0500. The van der Waals surface area contributed by atoms with Crippen molar-refractivity contribution in [2.45, 2.75) is 6.92 Å². The summed E-state index contributed by atoms with van der Waals surface area (Å²) < 4.78 is 1.27. The molecule has 2 N–H and O–H groups in total. The predicted molar refractivity (Wildman–Crippen MR) is 61.8 cm³/mol. The molecule has 0 saturated carbocycles. The molecule has 1 aromatic heterocycles. The quantitative estimate of drug-likeness (QED) is 0.807. The van der Waals surface area contributed by atoms with Gasteiger partial charge in [-0.25, -0.2) is 14.3 Å². The molecule has 1 heterocycles. The molecule has 0 atom stereocenters. The van der Waals surface area contributed by atoms with Crippen molar-refractivity contribution >= 4 is 17.5 Å². The standard InChI is InChI=1S/C10H9ClN4O/c1-6-3-2-4-7(11)8(6)15-5-13-9(12)14-10(15)16/h2-5H,1H3,(H2,12,14,16). The Bertz CT molecular complexity index is 573. The van der Waals surface area contributed by atoms with Gasteiger partial charge in [-0.1, -0.05) is 23.7 Å². The molecule has 82 valence electrons. The molecule has 16 heavy (non-hydrogen) atoms. The highest BCUT2D eigenvalue weighted by molar-refractivity contribution is 6.32. The van der Waals surface area contributed by atoms with Gasteiger partial charge in [0, 0.05) is 0 Å². The number of nitrogens with zero attached hydrogens (tertiary/aromatic N) is 3. The molecule has 0 aliphatic heterocycles. The van der Waals surface area contributed by atoms with E-state index in [2.05, 4.69) is 9.97 Å². The zero-order valence-electron chi connectivity index (χ0n) is 8.51. The highest BCUT2D eigenvalue weighted by atomic mass is 35.5. The van der Waals surface area contributed by atoms with Gasteiger partial charge >= 0.3 is 5.69 Å². The van der Waals surface area contributed by atoms with Crippen LogP contribution >= 0.6 is 11.6 Å². The summed E-state index contributed by atoms with van der Waals surface area (Å²) in [5.41, 5.74) is 6.26. The largest absolute Gasteiger partial charge is 0.368 e. The van der Waals surface area contributed by atoms with E-state index in [1.54, 1.807) is 6.07 Å². The second kappa shape index (κ2) is 3.94. The zero-order valence-corrected chi connectivity index (χ0v) is 9.27. The molecule has 2 rings (SSSR count). The molecule has 0 aliphatic carbocycles. The van der Waals surface area contributed by atoms with Crippen LogP contribution in [0.15, 0.2) is 29.3 Å². The molecule has 0 radical (unpaired) electrons. The fourth-order valence-corrected chi connectivity index (χ4v) is 1.74. The molecule has 1 aromatic carbocycles. The van der Waals surface area contributed by atoms with E-state index in [1.165, 1.54) is 10.9 Å². The maximum Gasteiger partial charge on any atom is 0.356 e. The third kappa shape index (κ3) is 1.77. The van der Waals surface area contributed by atoms with Gasteiger partial charge in [0.2, 0.25) is 5.95 Å². The van der Waals surface area contributed by atoms with Gasteiger partial charge < -0.3 is 5.73 Å². The van der Waals surface area contributed by atoms with Crippen LogP contribution in [0.25, 0.3) is 5.69 Å². The van der Waals surface area contributed by atoms with Gasteiger partial charge in [-0.3, -0.25) is 0 Å². The van der Waals surface area contributed by atoms with Crippen LogP contribution in [0, 0.1) is 6.92 Å². The molecular weight excluding hydrogens is 228 g/mol. The summed E-state index contributed by atoms with van der Waals surface area (Å²) in [6.45, 7) is 1.85. The third-order valence-electron chi connectivity index (χ3n) is 2.15. The highest BCUT2D eigenvalue weighted by Crippen LogP contribution is 2.22. The van der Waals surface area contributed by atoms with E-state index in [4.69, 9.17) is 17.3 Å². The van der Waals surface area contributed by atoms with Crippen LogP contribution in [0.4, 0.5) is 5.95 Å². The predicted octanol–water partition coefficient (Wildman–Crippen LogP) is 1.17. The van der Waals surface area contributed by atoms with Crippen molar-refractivity contribution in [1.82, 2.24) is 14.5 Å². The fraction of sp³-hybridized carbons (Fsp3) is 0.100. The van der Waals surface area contributed by atoms with Crippen molar-refractivity contribution in [2.24, 2.45) is 0 Å². The Morgan fingerprint density at radius 2 is 2.19 bits per heavy atom. The van der Waals surface area contributed by atoms with Gasteiger partial charge in [-0.15, -0.1) is 0 Å². The lowest BCUT2D eigenvalue weighted by molar-refractivity contribution is 0.862. The molecule has 0 aliphatic rings. The van der Waals surface area contributed by atoms with E-state index in [-0.39, 0.29) is 5.95 Å². The number of aromatic nitrogens is 3. The Morgan fingerprint density at radius 3 is 2.81 bits per heavy atom. The topological polar surface area (TPSA) is 73.8 Å². The van der Waals surface area contributed by atoms with Gasteiger partial charge in [0.25, 0.3) is 0 Å². The minimum Gasteiger partial charge on any atom is -0.368 e. The van der Waals surface area contributed by atoms with E-state index >= 15 is 0 Å². The van der Waals surface area contributed by atoms with Crippen molar-refractivity contribution in [1.29, 1.82) is 0 Å². The summed E-state index contributed by atoms with van der Waals surface area (Å²) in [4.78, 5) is 18.9. The summed E-state index contributed by atoms with van der Waals surface area (Å²) in [5, 5.41) is 0.468. The first kappa shape index (κ1) is 10.6. The second-order valence-electron chi connectivity index (χ2n) is 3.27. The van der Waals surface area contributed by atoms with Crippen molar-refractivity contribution in [2.75, 3.05) is 5.73 Å². The van der Waals surface area contributed by atoms with Crippen LogP contribution < -0.4 is 11.4 Å². The molecule has 0 amide bonds. The first-order valence-electron chi connectivity index (χ1n) is 4.56. The molecular formula is C10H9ClN4O. The number of hydrogen-bond donors (Lipinski definition) is 1. The zero-order chi connectivity index (χ0) is 11.7. The number of nitrogens with two attached hydrogens (primary N) is 1. The van der Waals surface area contributed by atoms with Crippen molar-refractivity contribution in [3.63, 3.8) is 0 Å². The number of halogens is 1. The summed E-state index contributed by atoms with van der Waals surface area (Å²) in [7, 11) is 0. The molecule has 2 aromatic rings. The van der Waals surface area contributed by atoms with Crippen LogP contribution in [-0.2, 0) is 0 Å². The number of anilines is 1. The number of nitrogen functional groups attached to an aromatic ring is 1. The maximum atomic E-state index is 11.6. The summed E-state index contributed by atoms with van der Waals surface area (Å²) in [6, 6.07) is 5.36. The highest BCUT2D eigenvalue weighted by Gasteiger charge is 2.08. The van der Waals surface area contributed by atoms with E-state index < -0.39 is 5.69 Å². The molecule has 6 heteroatoms. The molecule has 0 unspecified atom stereocenters. The maximum absolute atomic E-state index is 11.6. The number of benzene rings is 1. The van der Waals surface area contributed by atoms with Crippen LogP contribution in [0.5, 0.6) is 0 Å². The average molecular weight is 237 g/mol. The molecule has 5 nitrogen and oxygen atoms in total. The van der Waals surface area contributed by atoms with E-state index in [1.807, 2.05) is 19.1 Å². The lowest BCUT2D eigenvalue weighted by atomic mass is 10.2. The number of rotatable bonds is 1. The van der Waals surface area contributed by atoms with Gasteiger partial charge in [0.1, 0.15) is 6.33 Å². The van der Waals surface area contributed by atoms with E-state index in [0.29, 0.717) is 10.7 Å². The van der Waals surface area contributed by atoms with E-state index in [0.717, 1.165) is 5.56 Å². The molecule has 0 bridgehead atoms. The van der Waals surface area contributed by atoms with Gasteiger partial charge in [0.05, 0.1) is 10.7 Å². The summed E-state index contributed by atoms with van der Waals surface area (Å²) >= 11 is 6.03. The van der Waals surface area contributed by atoms with Gasteiger partial charge in [-0.2, -0.15) is 4.98 Å². The number of hydrogen-bond acceptors (Lipinski definition) is 4. The van der Waals surface area contributed by atoms with Crippen LogP contribution in [0.2, 0.25) is 5.02 Å². The smallest absolute Gasteiger partial charge is 0.356 e. The van der Waals surface area contributed by atoms with E-state index in [9.17, 15) is 4.79 Å². The van der Waals surface area contributed by atoms with Gasteiger partial charge in [0.15, 0.2) is 0 Å². The Morgan fingerprint density at radius 1 is 1.44 bits per heavy atom. The van der Waals surface area contributed by atoms with Crippen molar-refractivity contribution in [3.8, 4) is 5.69 Å². The number of para-hydroxylation sites is 1. The minimum atomic E-state index is -0.497. The van der Waals surface area contributed by atoms with Crippen molar-refractivity contribution in [3.05, 3.63) is 45.6 Å². The first-order chi connectivity index (χ1) is 7.59. The molecule has 0 spiro atoms. The Hall–Kier alpha value is -1.88. The monoisotopic (exact) mass is 236 g/mol. The summed E-state index contributed by atoms with van der Waals surface area (Å²) in [5.74, 6) is -0.0500. The Balaban J connectivity index is 2.73. The lowest BCUT2D eigenvalue weighted by Gasteiger charge is -2.09. The first-order valence-corrected chi connectivity index (χ1v) is 4.94. The number of aryl methyl sites for hydroxylation is 1. The van der Waals surface area contributed by atoms with Crippen LogP contribution in [-0.4, -0.2) is 14.5 Å². The molecule has 0 fully saturated rings. The van der Waals surface area contributed by atoms with Crippen molar-refractivity contribution < 1.29 is 0 Å². The van der Waals surface area contributed by atoms with Crippen LogP contribution in [0.3, 0.4) is 0 Å². The Labute approximate surface area is 96.5 Å². The van der Waals surface area contributed by atoms with Crippen LogP contribution in [0.1, 0.15) is 5.56 Å². The molecule has 0 saturated heterocycles. The Kier molecular flexibility index (Phi) is 2.62. The third-order valence-corrected chi connectivity index (χ3v) is 2.46. The lowest BCUT2D eigenvalue weighted by Crippen LogP contribution is -2.23. The normalized spacial score (nSPS) is 10.4. The second-order valence-corrected chi connectivity index (χ2v) is 3.68. The average Bonchev–Trinajstić information content (AvgIpc) is 2.20. The SMILES string of the molecule is Cc1cccc(Cl)c1-n1cnc(N)nc1=O.